The van der Waals surface area contributed by atoms with Crippen molar-refractivity contribution in [2.75, 3.05) is 118 Å². The zero-order valence-corrected chi connectivity index (χ0v) is 21.2. The molecule has 0 bridgehead atoms. The average molecular weight is 453 g/mol. The quantitative estimate of drug-likeness (QED) is 0.357. The molecule has 0 aromatic heterocycles. The van der Waals surface area contributed by atoms with E-state index < -0.39 is 0 Å². The second-order valence-electron chi connectivity index (χ2n) is 11.4. The van der Waals surface area contributed by atoms with Crippen LogP contribution in [0.5, 0.6) is 0 Å². The van der Waals surface area contributed by atoms with Crippen molar-refractivity contribution in [1.29, 1.82) is 0 Å². The predicted molar refractivity (Wildman–Crippen MR) is 134 cm³/mol. The highest BCUT2D eigenvalue weighted by Gasteiger charge is 2.24. The summed E-state index contributed by atoms with van der Waals surface area (Å²) in [4.78, 5) is 7.13. The molecule has 1 aromatic carbocycles. The fraction of sp³-hybridized carbons (Fsp3) is 0.750. The molecule has 2 unspecified atom stereocenters. The number of likely N-dealkylation sites (N-methyl/N-ethyl adjacent to an activating group) is 2. The van der Waals surface area contributed by atoms with E-state index >= 15 is 0 Å². The Hall–Kier alpha value is -1.42. The first-order valence-corrected chi connectivity index (χ1v) is 11.8. The van der Waals surface area contributed by atoms with E-state index in [0.29, 0.717) is 13.1 Å². The van der Waals surface area contributed by atoms with Crippen molar-refractivity contribution in [2.24, 2.45) is 0 Å². The number of hydrogen-bond acceptors (Lipinski definition) is 6. The molecular formula is C24H48N6O2+2. The molecule has 1 saturated heterocycles. The molecule has 184 valence electrons. The smallest absolute Gasteiger partial charge is 0.115 e. The average Bonchev–Trinajstić information content (AvgIpc) is 2.71. The maximum Gasteiger partial charge on any atom is 0.115 e. The molecule has 1 heterocycles. The molecule has 1 aromatic rings. The second-order valence-corrected chi connectivity index (χ2v) is 11.4. The Labute approximate surface area is 195 Å². The Morgan fingerprint density at radius 3 is 1.47 bits per heavy atom. The summed E-state index contributed by atoms with van der Waals surface area (Å²) in [5.41, 5.74) is 7.84. The van der Waals surface area contributed by atoms with E-state index in [0.717, 1.165) is 67.0 Å². The van der Waals surface area contributed by atoms with Crippen molar-refractivity contribution in [3.05, 3.63) is 24.3 Å². The van der Waals surface area contributed by atoms with E-state index in [9.17, 15) is 10.2 Å². The zero-order valence-electron chi connectivity index (χ0n) is 21.2. The van der Waals surface area contributed by atoms with Gasteiger partial charge in [0, 0.05) is 63.7 Å². The van der Waals surface area contributed by atoms with Gasteiger partial charge < -0.3 is 29.8 Å². The maximum atomic E-state index is 10.7. The van der Waals surface area contributed by atoms with Crippen molar-refractivity contribution in [3.8, 4) is 0 Å². The van der Waals surface area contributed by atoms with Crippen molar-refractivity contribution in [3.63, 3.8) is 0 Å². The Morgan fingerprint density at radius 1 is 0.719 bits per heavy atom. The molecule has 1 aliphatic rings. The minimum Gasteiger partial charge on any atom is -0.399 e. The molecule has 0 amide bonds. The standard InChI is InChI=1S/C24H48N6O2/c1-29(2,3)19-23(31)17-26-11-12-27(18-24(32)20-30(4,5)6)14-16-28(15-13-26)22-9-7-21(25)8-10-22/h7-10,23-24,31-32H,11-20,25H2,1-6H3/q+2. The molecular weight excluding hydrogens is 404 g/mol. The number of quaternary nitrogens is 2. The lowest BCUT2D eigenvalue weighted by Crippen LogP contribution is -2.49. The predicted octanol–water partition coefficient (Wildman–Crippen LogP) is -0.173. The van der Waals surface area contributed by atoms with Gasteiger partial charge in [-0.15, -0.1) is 0 Å². The largest absolute Gasteiger partial charge is 0.399 e. The number of anilines is 2. The van der Waals surface area contributed by atoms with E-state index in [4.69, 9.17) is 5.73 Å². The molecule has 1 aliphatic heterocycles. The molecule has 32 heavy (non-hydrogen) atoms. The van der Waals surface area contributed by atoms with Gasteiger partial charge in [-0.25, -0.2) is 0 Å². The summed E-state index contributed by atoms with van der Waals surface area (Å²) >= 11 is 0. The van der Waals surface area contributed by atoms with Crippen LogP contribution in [0.25, 0.3) is 0 Å². The molecule has 0 saturated carbocycles. The molecule has 0 spiro atoms. The SMILES string of the molecule is C[N+](C)(C)CC(O)CN1CCN(CC(O)C[N+](C)(C)C)CCN(c2ccc(N)cc2)CC1. The van der Waals surface area contributed by atoms with Crippen molar-refractivity contribution in [2.45, 2.75) is 12.2 Å². The van der Waals surface area contributed by atoms with Gasteiger partial charge in [-0.3, -0.25) is 9.80 Å². The lowest BCUT2D eigenvalue weighted by molar-refractivity contribution is -0.873. The van der Waals surface area contributed by atoms with Crippen LogP contribution >= 0.6 is 0 Å². The number of nitrogens with two attached hydrogens (primary N) is 1. The number of aliphatic hydroxyl groups is 2. The van der Waals surface area contributed by atoms with E-state index in [1.54, 1.807) is 0 Å². The maximum absolute atomic E-state index is 10.7. The van der Waals surface area contributed by atoms with E-state index in [1.165, 1.54) is 5.69 Å². The third-order valence-corrected chi connectivity index (χ3v) is 5.82. The van der Waals surface area contributed by atoms with Crippen molar-refractivity contribution < 1.29 is 19.2 Å². The monoisotopic (exact) mass is 452 g/mol. The van der Waals surface area contributed by atoms with Crippen LogP contribution in [-0.4, -0.2) is 149 Å². The highest BCUT2D eigenvalue weighted by molar-refractivity contribution is 5.53. The molecule has 4 N–H and O–H groups in total. The first-order valence-electron chi connectivity index (χ1n) is 11.8. The van der Waals surface area contributed by atoms with Crippen LogP contribution in [0.15, 0.2) is 24.3 Å². The Morgan fingerprint density at radius 2 is 1.09 bits per heavy atom. The van der Waals surface area contributed by atoms with Gasteiger partial charge in [0.2, 0.25) is 0 Å². The highest BCUT2D eigenvalue weighted by atomic mass is 16.3. The van der Waals surface area contributed by atoms with Gasteiger partial charge in [0.1, 0.15) is 25.3 Å². The van der Waals surface area contributed by atoms with Gasteiger partial charge in [-0.2, -0.15) is 0 Å². The summed E-state index contributed by atoms with van der Waals surface area (Å²) in [5.74, 6) is 0. The number of nitrogen functional groups attached to an aromatic ring is 1. The lowest BCUT2D eigenvalue weighted by Gasteiger charge is -2.32. The van der Waals surface area contributed by atoms with E-state index in [1.807, 2.05) is 12.1 Å². The first-order chi connectivity index (χ1) is 14.8. The Kier molecular flexibility index (Phi) is 9.75. The van der Waals surface area contributed by atoms with Crippen LogP contribution in [0.3, 0.4) is 0 Å². The highest BCUT2D eigenvalue weighted by Crippen LogP contribution is 2.17. The number of hydrogen-bond donors (Lipinski definition) is 3. The number of nitrogens with zero attached hydrogens (tertiary/aromatic N) is 5. The first kappa shape index (κ1) is 26.8. The summed E-state index contributed by atoms with van der Waals surface area (Å²) in [7, 11) is 12.7. The molecule has 8 nitrogen and oxygen atoms in total. The fourth-order valence-electron chi connectivity index (χ4n) is 4.43. The summed E-state index contributed by atoms with van der Waals surface area (Å²) in [5, 5.41) is 21.4. The molecule has 2 atom stereocenters. The van der Waals surface area contributed by atoms with Gasteiger partial charge >= 0.3 is 0 Å². The molecule has 8 heteroatoms. The van der Waals surface area contributed by atoms with Gasteiger partial charge in [-0.05, 0) is 24.3 Å². The zero-order chi connectivity index (χ0) is 23.9. The minimum absolute atomic E-state index is 0.363. The number of aliphatic hydroxyl groups excluding tert-OH is 2. The van der Waals surface area contributed by atoms with E-state index in [-0.39, 0.29) is 12.2 Å². The van der Waals surface area contributed by atoms with Crippen molar-refractivity contribution in [1.82, 2.24) is 9.80 Å². The van der Waals surface area contributed by atoms with Gasteiger partial charge in [0.15, 0.2) is 0 Å². The van der Waals surface area contributed by atoms with Crippen LogP contribution in [0.2, 0.25) is 0 Å². The van der Waals surface area contributed by atoms with Crippen molar-refractivity contribution >= 4 is 11.4 Å². The van der Waals surface area contributed by atoms with Gasteiger partial charge in [-0.1, -0.05) is 0 Å². The van der Waals surface area contributed by atoms with Crippen LogP contribution in [-0.2, 0) is 0 Å². The molecule has 1 fully saturated rings. The molecule has 0 radical (unpaired) electrons. The third-order valence-electron chi connectivity index (χ3n) is 5.82. The molecule has 2 rings (SSSR count). The summed E-state index contributed by atoms with van der Waals surface area (Å²) in [6, 6.07) is 8.07. The summed E-state index contributed by atoms with van der Waals surface area (Å²) in [6.45, 7) is 8.16. The summed E-state index contributed by atoms with van der Waals surface area (Å²) < 4.78 is 1.49. The number of β-amino-alcohol motifs (C(OH)–C–C–N with tert-alkyl or cyclic N) is 2. The normalized spacial score (nSPS) is 19.8. The Bertz CT molecular complexity index is 635. The second kappa shape index (κ2) is 11.6. The topological polar surface area (TPSA) is 76.2 Å². The van der Waals surface area contributed by atoms with Gasteiger partial charge in [0.05, 0.1) is 42.3 Å². The van der Waals surface area contributed by atoms with Gasteiger partial charge in [0.25, 0.3) is 0 Å². The fourth-order valence-corrected chi connectivity index (χ4v) is 4.43. The van der Waals surface area contributed by atoms with Crippen LogP contribution in [0.1, 0.15) is 0 Å². The van der Waals surface area contributed by atoms with Crippen LogP contribution in [0, 0.1) is 0 Å². The summed E-state index contributed by atoms with van der Waals surface area (Å²) in [6.07, 6.45) is -0.726. The minimum atomic E-state index is -0.363. The van der Waals surface area contributed by atoms with E-state index in [2.05, 4.69) is 69.1 Å². The van der Waals surface area contributed by atoms with Crippen LogP contribution in [0.4, 0.5) is 11.4 Å². The number of rotatable bonds is 9. The van der Waals surface area contributed by atoms with Crippen LogP contribution < -0.4 is 10.6 Å². The number of benzene rings is 1. The Balaban J connectivity index is 2.10. The third kappa shape index (κ3) is 10.5. The molecule has 0 aliphatic carbocycles. The lowest BCUT2D eigenvalue weighted by atomic mass is 10.2.